The predicted molar refractivity (Wildman–Crippen MR) is 76.5 cm³/mol. The molecule has 0 bridgehead atoms. The molecule has 2 nitrogen and oxygen atoms in total. The van der Waals surface area contributed by atoms with E-state index in [1.165, 1.54) is 10.8 Å². The number of ether oxygens (including phenoxy) is 2. The Morgan fingerprint density at radius 2 is 1.89 bits per heavy atom. The van der Waals surface area contributed by atoms with Crippen molar-refractivity contribution in [3.8, 4) is 5.75 Å². The van der Waals surface area contributed by atoms with Crippen molar-refractivity contribution < 1.29 is 9.47 Å². The van der Waals surface area contributed by atoms with Crippen LogP contribution in [-0.2, 0) is 4.74 Å². The normalized spacial score (nSPS) is 26.9. The second kappa shape index (κ2) is 4.90. The number of fused-ring (bicyclic) bond motifs is 1. The highest BCUT2D eigenvalue weighted by Crippen LogP contribution is 2.34. The number of alkyl halides is 1. The minimum absolute atomic E-state index is 0.150. The average molecular weight is 307 g/mol. The van der Waals surface area contributed by atoms with Crippen molar-refractivity contribution in [2.45, 2.75) is 23.5 Å². The first-order valence-corrected chi connectivity index (χ1v) is 7.02. The van der Waals surface area contributed by atoms with Crippen molar-refractivity contribution in [3.63, 3.8) is 0 Å². The molecular weight excluding hydrogens is 292 g/mol. The Kier molecular flexibility index (Phi) is 3.27. The maximum Gasteiger partial charge on any atom is 0.127 e. The van der Waals surface area contributed by atoms with Crippen molar-refractivity contribution in [3.05, 3.63) is 42.5 Å². The topological polar surface area (TPSA) is 18.5 Å². The lowest BCUT2D eigenvalue weighted by Crippen LogP contribution is -2.51. The molecule has 0 saturated heterocycles. The molecule has 1 saturated carbocycles. The monoisotopic (exact) mass is 306 g/mol. The van der Waals surface area contributed by atoms with E-state index < -0.39 is 0 Å². The summed E-state index contributed by atoms with van der Waals surface area (Å²) in [5.74, 6) is 0.917. The van der Waals surface area contributed by atoms with Crippen LogP contribution in [0.15, 0.2) is 42.5 Å². The molecule has 94 valence electrons. The van der Waals surface area contributed by atoms with Crippen molar-refractivity contribution in [1.29, 1.82) is 0 Å². The second-order valence-electron chi connectivity index (χ2n) is 4.62. The fourth-order valence-electron chi connectivity index (χ4n) is 2.36. The van der Waals surface area contributed by atoms with Crippen LogP contribution in [0.25, 0.3) is 10.8 Å². The predicted octanol–water partition coefficient (Wildman–Crippen LogP) is 3.77. The summed E-state index contributed by atoms with van der Waals surface area (Å²) in [7, 11) is 1.73. The van der Waals surface area contributed by atoms with Gasteiger partial charge >= 0.3 is 0 Å². The lowest BCUT2D eigenvalue weighted by Gasteiger charge is -2.40. The highest BCUT2D eigenvalue weighted by molar-refractivity contribution is 9.09. The minimum atomic E-state index is 0.150. The van der Waals surface area contributed by atoms with E-state index in [9.17, 15) is 0 Å². The van der Waals surface area contributed by atoms with Crippen LogP contribution in [0.5, 0.6) is 5.75 Å². The van der Waals surface area contributed by atoms with E-state index in [0.717, 1.165) is 12.2 Å². The van der Waals surface area contributed by atoms with Crippen LogP contribution in [0.2, 0.25) is 0 Å². The van der Waals surface area contributed by atoms with Gasteiger partial charge in [0, 0.05) is 18.4 Å². The van der Waals surface area contributed by atoms with E-state index in [1.54, 1.807) is 7.11 Å². The SMILES string of the molecule is COC1C(Br)CC1Oc1ccc2ccccc2c1. The number of rotatable bonds is 3. The van der Waals surface area contributed by atoms with E-state index in [2.05, 4.69) is 40.2 Å². The summed E-state index contributed by atoms with van der Waals surface area (Å²) in [6, 6.07) is 14.5. The number of hydrogen-bond donors (Lipinski definition) is 0. The van der Waals surface area contributed by atoms with Gasteiger partial charge < -0.3 is 9.47 Å². The smallest absolute Gasteiger partial charge is 0.127 e. The van der Waals surface area contributed by atoms with Crippen LogP contribution in [-0.4, -0.2) is 24.1 Å². The van der Waals surface area contributed by atoms with E-state index in [0.29, 0.717) is 4.83 Å². The third-order valence-electron chi connectivity index (χ3n) is 3.46. The van der Waals surface area contributed by atoms with Crippen molar-refractivity contribution >= 4 is 26.7 Å². The second-order valence-corrected chi connectivity index (χ2v) is 5.79. The highest BCUT2D eigenvalue weighted by atomic mass is 79.9. The van der Waals surface area contributed by atoms with Crippen molar-refractivity contribution in [1.82, 2.24) is 0 Å². The van der Waals surface area contributed by atoms with Crippen LogP contribution >= 0.6 is 15.9 Å². The summed E-state index contributed by atoms with van der Waals surface area (Å²) in [5, 5.41) is 2.44. The van der Waals surface area contributed by atoms with Gasteiger partial charge in [-0.15, -0.1) is 0 Å². The molecule has 0 radical (unpaired) electrons. The van der Waals surface area contributed by atoms with Gasteiger partial charge in [-0.3, -0.25) is 0 Å². The summed E-state index contributed by atoms with van der Waals surface area (Å²) in [6.07, 6.45) is 1.29. The Balaban J connectivity index is 1.79. The summed E-state index contributed by atoms with van der Waals surface area (Å²) in [6.45, 7) is 0. The molecule has 1 aliphatic carbocycles. The fraction of sp³-hybridized carbons (Fsp3) is 0.333. The van der Waals surface area contributed by atoms with Gasteiger partial charge in [-0.25, -0.2) is 0 Å². The van der Waals surface area contributed by atoms with Gasteiger partial charge in [-0.05, 0) is 22.9 Å². The molecule has 0 heterocycles. The number of halogens is 1. The van der Waals surface area contributed by atoms with Gasteiger partial charge in [0.25, 0.3) is 0 Å². The Hall–Kier alpha value is -1.06. The Bertz CT molecular complexity index is 555. The molecule has 0 aromatic heterocycles. The maximum atomic E-state index is 5.98. The Morgan fingerprint density at radius 3 is 2.61 bits per heavy atom. The first-order chi connectivity index (χ1) is 8.78. The van der Waals surface area contributed by atoms with E-state index in [-0.39, 0.29) is 12.2 Å². The van der Waals surface area contributed by atoms with Gasteiger partial charge in [0.1, 0.15) is 18.0 Å². The lowest BCUT2D eigenvalue weighted by molar-refractivity contribution is -0.0544. The molecule has 3 unspecified atom stereocenters. The first-order valence-electron chi connectivity index (χ1n) is 6.10. The fourth-order valence-corrected chi connectivity index (χ4v) is 3.28. The van der Waals surface area contributed by atoms with Crippen LogP contribution in [0.4, 0.5) is 0 Å². The van der Waals surface area contributed by atoms with Gasteiger partial charge in [-0.1, -0.05) is 46.3 Å². The van der Waals surface area contributed by atoms with Gasteiger partial charge in [-0.2, -0.15) is 0 Å². The van der Waals surface area contributed by atoms with Crippen LogP contribution < -0.4 is 4.74 Å². The first kappa shape index (κ1) is 12.0. The summed E-state index contributed by atoms with van der Waals surface area (Å²) < 4.78 is 11.4. The Morgan fingerprint density at radius 1 is 1.11 bits per heavy atom. The zero-order valence-electron chi connectivity index (χ0n) is 10.2. The molecule has 3 atom stereocenters. The zero-order valence-corrected chi connectivity index (χ0v) is 11.8. The number of hydrogen-bond acceptors (Lipinski definition) is 2. The molecule has 18 heavy (non-hydrogen) atoms. The molecule has 2 aromatic rings. The number of methoxy groups -OCH3 is 1. The molecule has 0 spiro atoms. The van der Waals surface area contributed by atoms with Gasteiger partial charge in [0.15, 0.2) is 0 Å². The molecule has 3 rings (SSSR count). The van der Waals surface area contributed by atoms with Crippen LogP contribution in [0, 0.1) is 0 Å². The summed E-state index contributed by atoms with van der Waals surface area (Å²) >= 11 is 3.58. The summed E-state index contributed by atoms with van der Waals surface area (Å²) in [5.41, 5.74) is 0. The average Bonchev–Trinajstić information content (AvgIpc) is 2.38. The summed E-state index contributed by atoms with van der Waals surface area (Å²) in [4.78, 5) is 0.410. The zero-order chi connectivity index (χ0) is 12.5. The minimum Gasteiger partial charge on any atom is -0.488 e. The largest absolute Gasteiger partial charge is 0.488 e. The lowest BCUT2D eigenvalue weighted by atomic mass is 9.91. The third-order valence-corrected chi connectivity index (χ3v) is 4.36. The molecule has 1 aliphatic rings. The molecule has 0 N–H and O–H groups in total. The van der Waals surface area contributed by atoms with E-state index >= 15 is 0 Å². The van der Waals surface area contributed by atoms with Gasteiger partial charge in [0.05, 0.1) is 0 Å². The maximum absolute atomic E-state index is 5.98. The third kappa shape index (κ3) is 2.13. The molecular formula is C15H15BrO2. The van der Waals surface area contributed by atoms with E-state index in [1.807, 2.05) is 18.2 Å². The molecule has 1 fully saturated rings. The van der Waals surface area contributed by atoms with Gasteiger partial charge in [0.2, 0.25) is 0 Å². The van der Waals surface area contributed by atoms with E-state index in [4.69, 9.17) is 9.47 Å². The quantitative estimate of drug-likeness (QED) is 0.804. The number of benzene rings is 2. The van der Waals surface area contributed by atoms with Crippen LogP contribution in [0.1, 0.15) is 6.42 Å². The molecule has 3 heteroatoms. The van der Waals surface area contributed by atoms with Crippen molar-refractivity contribution in [2.24, 2.45) is 0 Å². The molecule has 0 aliphatic heterocycles. The molecule has 0 amide bonds. The van der Waals surface area contributed by atoms with Crippen LogP contribution in [0.3, 0.4) is 0 Å². The van der Waals surface area contributed by atoms with Crippen molar-refractivity contribution in [2.75, 3.05) is 7.11 Å². The standard InChI is InChI=1S/C15H15BrO2/c1-17-15-13(16)9-14(15)18-12-7-6-10-4-2-3-5-11(10)8-12/h2-8,13-15H,9H2,1H3. The highest BCUT2D eigenvalue weighted by Gasteiger charge is 2.41. The molecule has 2 aromatic carbocycles. The Labute approximate surface area is 115 Å².